The molecule has 1 nitrogen and oxygen atoms in total. The fraction of sp³-hybridized carbons (Fsp3) is 1.00. The zero-order valence-corrected chi connectivity index (χ0v) is 9.86. The predicted octanol–water partition coefficient (Wildman–Crippen LogP) is 3.37. The summed E-state index contributed by atoms with van der Waals surface area (Å²) < 4.78 is 5.55. The number of hydrogen-bond donors (Lipinski definition) is 0. The summed E-state index contributed by atoms with van der Waals surface area (Å²) in [4.78, 5) is 0.653. The minimum absolute atomic E-state index is 0.381. The van der Waals surface area contributed by atoms with Gasteiger partial charge in [0.05, 0.1) is 6.10 Å². The van der Waals surface area contributed by atoms with E-state index in [2.05, 4.69) is 36.7 Å². The van der Waals surface area contributed by atoms with E-state index in [4.69, 9.17) is 4.74 Å². The van der Waals surface area contributed by atoms with E-state index in [1.165, 1.54) is 19.3 Å². The van der Waals surface area contributed by atoms with E-state index in [1.54, 1.807) is 0 Å². The fourth-order valence-corrected chi connectivity index (χ4v) is 2.19. The average molecular weight is 235 g/mol. The van der Waals surface area contributed by atoms with Gasteiger partial charge in [0.25, 0.3) is 0 Å². The van der Waals surface area contributed by atoms with Crippen molar-refractivity contribution >= 4 is 15.9 Å². The molecule has 1 unspecified atom stereocenters. The molecule has 0 bridgehead atoms. The molecule has 1 atom stereocenters. The summed E-state index contributed by atoms with van der Waals surface area (Å²) in [6.45, 7) is 7.37. The maximum atomic E-state index is 5.55. The van der Waals surface area contributed by atoms with Crippen LogP contribution in [0.5, 0.6) is 0 Å². The summed E-state index contributed by atoms with van der Waals surface area (Å²) in [6.07, 6.45) is 4.35. The highest BCUT2D eigenvalue weighted by Crippen LogP contribution is 2.54. The van der Waals surface area contributed by atoms with Crippen molar-refractivity contribution in [3.05, 3.63) is 0 Å². The molecular weight excluding hydrogens is 216 g/mol. The third kappa shape index (κ3) is 2.74. The Bertz CT molecular complexity index is 139. The standard InChI is InChI=1S/C10H19BrO/c1-8(2)12-7-6-10(4-5-10)9(3)11/h8-9H,4-7H2,1-3H3. The van der Waals surface area contributed by atoms with Crippen molar-refractivity contribution in [3.8, 4) is 0 Å². The number of halogens is 1. The lowest BCUT2D eigenvalue weighted by Gasteiger charge is -2.18. The molecule has 0 heterocycles. The van der Waals surface area contributed by atoms with Gasteiger partial charge in [0.1, 0.15) is 0 Å². The van der Waals surface area contributed by atoms with Crippen LogP contribution in [0.3, 0.4) is 0 Å². The molecule has 0 N–H and O–H groups in total. The van der Waals surface area contributed by atoms with Crippen LogP contribution >= 0.6 is 15.9 Å². The smallest absolute Gasteiger partial charge is 0.0518 e. The Kier molecular flexibility index (Phi) is 3.59. The van der Waals surface area contributed by atoms with Gasteiger partial charge in [0.2, 0.25) is 0 Å². The molecule has 1 saturated carbocycles. The molecule has 0 spiro atoms. The summed E-state index contributed by atoms with van der Waals surface area (Å²) >= 11 is 3.67. The number of ether oxygens (including phenoxy) is 1. The number of alkyl halides is 1. The van der Waals surface area contributed by atoms with Crippen LogP contribution in [0.2, 0.25) is 0 Å². The van der Waals surface area contributed by atoms with E-state index in [0.29, 0.717) is 16.3 Å². The third-order valence-electron chi connectivity index (χ3n) is 2.79. The molecular formula is C10H19BrO. The molecule has 1 aliphatic rings. The maximum absolute atomic E-state index is 5.55. The molecule has 1 aliphatic carbocycles. The average Bonchev–Trinajstić information content (AvgIpc) is 2.68. The molecule has 0 aromatic carbocycles. The van der Waals surface area contributed by atoms with E-state index in [0.717, 1.165) is 6.61 Å². The lowest BCUT2D eigenvalue weighted by Crippen LogP contribution is -2.16. The van der Waals surface area contributed by atoms with Gasteiger partial charge in [0.15, 0.2) is 0 Å². The number of rotatable bonds is 5. The highest BCUT2D eigenvalue weighted by atomic mass is 79.9. The molecule has 2 heteroatoms. The quantitative estimate of drug-likeness (QED) is 0.664. The topological polar surface area (TPSA) is 9.23 Å². The van der Waals surface area contributed by atoms with Gasteiger partial charge in [-0.25, -0.2) is 0 Å². The van der Waals surface area contributed by atoms with Crippen molar-refractivity contribution in [3.63, 3.8) is 0 Å². The molecule has 0 saturated heterocycles. The molecule has 0 aromatic heterocycles. The van der Waals surface area contributed by atoms with Crippen LogP contribution in [-0.4, -0.2) is 17.5 Å². The maximum Gasteiger partial charge on any atom is 0.0518 e. The number of hydrogen-bond acceptors (Lipinski definition) is 1. The van der Waals surface area contributed by atoms with Gasteiger partial charge >= 0.3 is 0 Å². The first-order valence-corrected chi connectivity index (χ1v) is 5.74. The molecule has 72 valence electrons. The first-order valence-electron chi connectivity index (χ1n) is 4.82. The van der Waals surface area contributed by atoms with Crippen LogP contribution < -0.4 is 0 Å². The van der Waals surface area contributed by atoms with Gasteiger partial charge in [-0.1, -0.05) is 22.9 Å². The highest BCUT2D eigenvalue weighted by Gasteiger charge is 2.45. The Morgan fingerprint density at radius 3 is 2.25 bits per heavy atom. The second-order valence-electron chi connectivity index (χ2n) is 4.15. The van der Waals surface area contributed by atoms with Crippen molar-refractivity contribution in [1.82, 2.24) is 0 Å². The van der Waals surface area contributed by atoms with Gasteiger partial charge in [-0.05, 0) is 38.5 Å². The van der Waals surface area contributed by atoms with Crippen LogP contribution in [0, 0.1) is 5.41 Å². The Morgan fingerprint density at radius 2 is 1.92 bits per heavy atom. The Hall–Kier alpha value is 0.440. The summed E-state index contributed by atoms with van der Waals surface area (Å²) in [6, 6.07) is 0. The minimum Gasteiger partial charge on any atom is -0.379 e. The lowest BCUT2D eigenvalue weighted by molar-refractivity contribution is 0.0662. The van der Waals surface area contributed by atoms with Crippen LogP contribution in [0.15, 0.2) is 0 Å². The molecule has 12 heavy (non-hydrogen) atoms. The predicted molar refractivity (Wildman–Crippen MR) is 55.8 cm³/mol. The summed E-state index contributed by atoms with van der Waals surface area (Å²) in [5.41, 5.74) is 0.578. The zero-order chi connectivity index (χ0) is 9.19. The first-order chi connectivity index (χ1) is 5.57. The SMILES string of the molecule is CC(C)OCCC1(C(C)Br)CC1. The molecule has 1 fully saturated rings. The van der Waals surface area contributed by atoms with Gasteiger partial charge < -0.3 is 4.74 Å². The van der Waals surface area contributed by atoms with E-state index in [-0.39, 0.29) is 0 Å². The molecule has 0 radical (unpaired) electrons. The van der Waals surface area contributed by atoms with Gasteiger partial charge in [0, 0.05) is 11.4 Å². The zero-order valence-electron chi connectivity index (χ0n) is 8.27. The van der Waals surface area contributed by atoms with Crippen molar-refractivity contribution in [2.24, 2.45) is 5.41 Å². The normalized spacial score (nSPS) is 22.8. The fourth-order valence-electron chi connectivity index (χ4n) is 1.51. The third-order valence-corrected chi connectivity index (χ3v) is 3.76. The molecule has 1 rings (SSSR count). The van der Waals surface area contributed by atoms with Crippen molar-refractivity contribution < 1.29 is 4.74 Å². The van der Waals surface area contributed by atoms with Gasteiger partial charge in [-0.3, -0.25) is 0 Å². The summed E-state index contributed by atoms with van der Waals surface area (Å²) in [5.74, 6) is 0. The van der Waals surface area contributed by atoms with E-state index in [1.807, 2.05) is 0 Å². The summed E-state index contributed by atoms with van der Waals surface area (Å²) in [5, 5.41) is 0. The van der Waals surface area contributed by atoms with Crippen LogP contribution in [0.1, 0.15) is 40.0 Å². The first kappa shape index (κ1) is 10.5. The van der Waals surface area contributed by atoms with Crippen LogP contribution in [0.25, 0.3) is 0 Å². The van der Waals surface area contributed by atoms with E-state index >= 15 is 0 Å². The molecule has 0 aliphatic heterocycles. The molecule has 0 aromatic rings. The monoisotopic (exact) mass is 234 g/mol. The van der Waals surface area contributed by atoms with Crippen LogP contribution in [0.4, 0.5) is 0 Å². The molecule has 0 amide bonds. The van der Waals surface area contributed by atoms with Gasteiger partial charge in [-0.2, -0.15) is 0 Å². The van der Waals surface area contributed by atoms with E-state index < -0.39 is 0 Å². The minimum atomic E-state index is 0.381. The second-order valence-corrected chi connectivity index (χ2v) is 5.52. The lowest BCUT2D eigenvalue weighted by atomic mass is 10.00. The summed E-state index contributed by atoms with van der Waals surface area (Å²) in [7, 11) is 0. The van der Waals surface area contributed by atoms with E-state index in [9.17, 15) is 0 Å². The van der Waals surface area contributed by atoms with Crippen LogP contribution in [-0.2, 0) is 4.74 Å². The van der Waals surface area contributed by atoms with Crippen molar-refractivity contribution in [2.45, 2.75) is 51.0 Å². The van der Waals surface area contributed by atoms with Crippen molar-refractivity contribution in [2.75, 3.05) is 6.61 Å². The Morgan fingerprint density at radius 1 is 1.33 bits per heavy atom. The van der Waals surface area contributed by atoms with Crippen molar-refractivity contribution in [1.29, 1.82) is 0 Å². The Balaban J connectivity index is 2.14. The highest BCUT2D eigenvalue weighted by molar-refractivity contribution is 9.09. The Labute approximate surface area is 84.0 Å². The largest absolute Gasteiger partial charge is 0.379 e. The second kappa shape index (κ2) is 4.10. The van der Waals surface area contributed by atoms with Gasteiger partial charge in [-0.15, -0.1) is 0 Å².